The number of hydrogen-bond donors (Lipinski definition) is 1. The van der Waals surface area contributed by atoms with Gasteiger partial charge in [0.2, 0.25) is 0 Å². The summed E-state index contributed by atoms with van der Waals surface area (Å²) in [6.45, 7) is 0. The van der Waals surface area contributed by atoms with Gasteiger partial charge in [-0.15, -0.1) is 0 Å². The Hall–Kier alpha value is -5.28. The van der Waals surface area contributed by atoms with Crippen LogP contribution in [0.15, 0.2) is 92.0 Å². The highest BCUT2D eigenvalue weighted by molar-refractivity contribution is 6.23. The molecule has 3 aromatic carbocycles. The van der Waals surface area contributed by atoms with Crippen LogP contribution in [0.4, 0.5) is 0 Å². The predicted molar refractivity (Wildman–Crippen MR) is 149 cm³/mol. The van der Waals surface area contributed by atoms with Crippen molar-refractivity contribution in [2.45, 2.75) is 0 Å². The molecule has 0 radical (unpaired) electrons. The minimum absolute atomic E-state index is 0.299. The maximum absolute atomic E-state index is 13.2. The fraction of sp³-hybridized carbons (Fsp3) is 0.0667. The lowest BCUT2D eigenvalue weighted by molar-refractivity contribution is 0.0693. The van der Waals surface area contributed by atoms with E-state index in [0.717, 1.165) is 44.1 Å². The molecule has 3 aromatic heterocycles. The van der Waals surface area contributed by atoms with Crippen LogP contribution in [-0.2, 0) is 0 Å². The zero-order valence-electron chi connectivity index (χ0n) is 21.2. The highest BCUT2D eigenvalue weighted by atomic mass is 16.2. The van der Waals surface area contributed by atoms with Gasteiger partial charge in [0.1, 0.15) is 12.7 Å². The molecule has 4 heterocycles. The number of carbonyl (C=O) groups is 2. The van der Waals surface area contributed by atoms with Crippen molar-refractivity contribution in [1.29, 1.82) is 0 Å². The molecule has 1 aliphatic rings. The van der Waals surface area contributed by atoms with E-state index in [0.29, 0.717) is 16.8 Å². The molecule has 7 rings (SSSR count). The predicted octanol–water partition coefficient (Wildman–Crippen LogP) is 4.50. The molecule has 6 aromatic rings. The van der Waals surface area contributed by atoms with Crippen molar-refractivity contribution in [3.05, 3.63) is 103 Å². The molecule has 1 aliphatic heterocycles. The van der Waals surface area contributed by atoms with Crippen LogP contribution in [0.2, 0.25) is 0 Å². The van der Waals surface area contributed by atoms with Gasteiger partial charge < -0.3 is 10.3 Å². The topological polar surface area (TPSA) is 120 Å². The summed E-state index contributed by atoms with van der Waals surface area (Å²) in [5, 5.41) is 2.04. The summed E-state index contributed by atoms with van der Waals surface area (Å²) in [7, 11) is 3.02. The molecule has 2 N–H and O–H groups in total. The largest absolute Gasteiger partial charge is 0.333 e. The molecule has 2 amide bonds. The molecule has 39 heavy (non-hydrogen) atoms. The van der Waals surface area contributed by atoms with E-state index < -0.39 is 0 Å². The number of fused-ring (bicyclic) bond motifs is 4. The van der Waals surface area contributed by atoms with E-state index in [9.17, 15) is 9.59 Å². The summed E-state index contributed by atoms with van der Waals surface area (Å²) in [6.07, 6.45) is 10.1. The number of imide groups is 1. The normalized spacial score (nSPS) is 12.5. The molecule has 0 saturated carbocycles. The lowest BCUT2D eigenvalue weighted by atomic mass is 10.0. The van der Waals surface area contributed by atoms with Crippen molar-refractivity contribution in [1.82, 2.24) is 29.4 Å². The average Bonchev–Trinajstić information content (AvgIpc) is 3.45. The number of rotatable bonds is 3. The second-order valence-corrected chi connectivity index (χ2v) is 8.92. The van der Waals surface area contributed by atoms with Crippen molar-refractivity contribution in [2.75, 3.05) is 14.1 Å². The molecule has 0 atom stereocenters. The average molecular weight is 514 g/mol. The van der Waals surface area contributed by atoms with E-state index in [-0.39, 0.29) is 11.8 Å². The minimum atomic E-state index is -0.314. The van der Waals surface area contributed by atoms with Crippen LogP contribution in [0.3, 0.4) is 0 Å². The van der Waals surface area contributed by atoms with E-state index in [1.165, 1.54) is 31.6 Å². The first kappa shape index (κ1) is 24.1. The summed E-state index contributed by atoms with van der Waals surface area (Å²) in [4.78, 5) is 43.9. The van der Waals surface area contributed by atoms with Gasteiger partial charge in [0, 0.05) is 53.7 Å². The second-order valence-electron chi connectivity index (χ2n) is 8.92. The highest BCUT2D eigenvalue weighted by Crippen LogP contribution is 2.39. The summed E-state index contributed by atoms with van der Waals surface area (Å²) >= 11 is 0. The van der Waals surface area contributed by atoms with E-state index in [1.54, 1.807) is 30.9 Å². The smallest absolute Gasteiger partial charge is 0.263 e. The third-order valence-corrected chi connectivity index (χ3v) is 6.89. The molecular formula is C30H23N7O2. The Kier molecular flexibility index (Phi) is 5.90. The fourth-order valence-corrected chi connectivity index (χ4v) is 5.10. The summed E-state index contributed by atoms with van der Waals surface area (Å²) in [5.41, 5.74) is 11.4. The van der Waals surface area contributed by atoms with Gasteiger partial charge in [-0.3, -0.25) is 14.5 Å². The van der Waals surface area contributed by atoms with Crippen LogP contribution in [0.25, 0.3) is 49.7 Å². The maximum Gasteiger partial charge on any atom is 0.263 e. The van der Waals surface area contributed by atoms with Gasteiger partial charge in [-0.1, -0.05) is 30.3 Å². The van der Waals surface area contributed by atoms with E-state index >= 15 is 0 Å². The Labute approximate surface area is 223 Å². The third-order valence-electron chi connectivity index (χ3n) is 6.89. The minimum Gasteiger partial charge on any atom is -0.333 e. The maximum atomic E-state index is 13.2. The van der Waals surface area contributed by atoms with Crippen molar-refractivity contribution in [2.24, 2.45) is 5.73 Å². The Morgan fingerprint density at radius 1 is 0.641 bits per heavy atom. The lowest BCUT2D eigenvalue weighted by Crippen LogP contribution is -2.24. The number of nitrogens with zero attached hydrogens (tertiary/aromatic N) is 6. The second kappa shape index (κ2) is 9.55. The first-order valence-electron chi connectivity index (χ1n) is 12.2. The first-order chi connectivity index (χ1) is 19.1. The van der Waals surface area contributed by atoms with Crippen LogP contribution in [0.1, 0.15) is 20.7 Å². The molecule has 0 fully saturated rings. The third kappa shape index (κ3) is 3.75. The zero-order valence-corrected chi connectivity index (χ0v) is 21.2. The van der Waals surface area contributed by atoms with Gasteiger partial charge in [-0.05, 0) is 42.4 Å². The van der Waals surface area contributed by atoms with Crippen molar-refractivity contribution in [3.8, 4) is 27.9 Å². The Morgan fingerprint density at radius 3 is 1.67 bits per heavy atom. The van der Waals surface area contributed by atoms with Crippen LogP contribution in [-0.4, -0.2) is 55.3 Å². The molecular weight excluding hydrogens is 490 g/mol. The number of aromatic nitrogens is 5. The van der Waals surface area contributed by atoms with Gasteiger partial charge in [-0.2, -0.15) is 0 Å². The van der Waals surface area contributed by atoms with Gasteiger partial charge >= 0.3 is 0 Å². The molecule has 9 heteroatoms. The number of carbonyl (C=O) groups excluding carboxylic acids is 2. The van der Waals surface area contributed by atoms with Gasteiger partial charge in [-0.25, -0.2) is 19.9 Å². The van der Waals surface area contributed by atoms with E-state index in [4.69, 9.17) is 0 Å². The Balaban J connectivity index is 0.00000135. The van der Waals surface area contributed by atoms with Crippen molar-refractivity contribution in [3.63, 3.8) is 0 Å². The van der Waals surface area contributed by atoms with E-state index in [1.807, 2.05) is 24.3 Å². The van der Waals surface area contributed by atoms with Crippen LogP contribution in [0, 0.1) is 0 Å². The van der Waals surface area contributed by atoms with Crippen LogP contribution >= 0.6 is 0 Å². The molecule has 0 unspecified atom stereocenters. The van der Waals surface area contributed by atoms with Gasteiger partial charge in [0.15, 0.2) is 0 Å². The Bertz CT molecular complexity index is 1790. The number of nitrogens with two attached hydrogens (primary N) is 1. The SMILES string of the molecule is CN.CN1C(=O)c2cccc(-n3c4cc(-c5cncnc5)ccc4c4ccc(-c5cncnc5)cc43)c2C1=O. The molecule has 0 saturated heterocycles. The number of benzene rings is 3. The monoisotopic (exact) mass is 513 g/mol. The summed E-state index contributed by atoms with van der Waals surface area (Å²) in [5.74, 6) is -0.613. The van der Waals surface area contributed by atoms with Crippen molar-refractivity contribution >= 4 is 33.6 Å². The van der Waals surface area contributed by atoms with Gasteiger partial charge in [0.05, 0.1) is 27.8 Å². The number of amides is 2. The first-order valence-corrected chi connectivity index (χ1v) is 12.2. The van der Waals surface area contributed by atoms with Crippen LogP contribution < -0.4 is 5.73 Å². The summed E-state index contributed by atoms with van der Waals surface area (Å²) in [6, 6.07) is 17.8. The molecule has 0 spiro atoms. The molecule has 9 nitrogen and oxygen atoms in total. The molecule has 190 valence electrons. The molecule has 0 bridgehead atoms. The summed E-state index contributed by atoms with van der Waals surface area (Å²) < 4.78 is 2.06. The standard InChI is InChI=1S/C29H18N6O2.CH5N/c1-34-28(36)23-3-2-4-24(27(23)29(34)37)35-25-9-17(19-11-30-15-31-12-19)5-7-21(25)22-8-6-18(10-26(22)35)20-13-32-16-33-14-20;1-2/h2-16H,1H3;2H2,1H3. The van der Waals surface area contributed by atoms with Gasteiger partial charge in [0.25, 0.3) is 11.8 Å². The highest BCUT2D eigenvalue weighted by Gasteiger charge is 2.35. The number of hydrogen-bond acceptors (Lipinski definition) is 7. The quantitative estimate of drug-likeness (QED) is 0.346. The fourth-order valence-electron chi connectivity index (χ4n) is 5.10. The zero-order chi connectivity index (χ0) is 27.1. The Morgan fingerprint density at radius 2 is 1.15 bits per heavy atom. The van der Waals surface area contributed by atoms with Crippen molar-refractivity contribution < 1.29 is 9.59 Å². The molecule has 0 aliphatic carbocycles. The van der Waals surface area contributed by atoms with Crippen LogP contribution in [0.5, 0.6) is 0 Å². The van der Waals surface area contributed by atoms with E-state index in [2.05, 4.69) is 54.5 Å². The lowest BCUT2D eigenvalue weighted by Gasteiger charge is -2.13.